The molecule has 18 heavy (non-hydrogen) atoms. The lowest BCUT2D eigenvalue weighted by Gasteiger charge is -2.33. The Balaban J connectivity index is 2.47. The summed E-state index contributed by atoms with van der Waals surface area (Å²) >= 11 is 0. The molecule has 1 rings (SSSR count). The van der Waals surface area contributed by atoms with Gasteiger partial charge in [-0.25, -0.2) is 4.79 Å². The van der Waals surface area contributed by atoms with Gasteiger partial charge in [0.15, 0.2) is 0 Å². The fraction of sp³-hybridized carbons (Fsp3) is 0.667. The maximum atomic E-state index is 11.6. The second-order valence-corrected chi connectivity index (χ2v) is 3.85. The fourth-order valence-electron chi connectivity index (χ4n) is 1.74. The molecule has 1 saturated heterocycles. The van der Waals surface area contributed by atoms with E-state index >= 15 is 0 Å². The second-order valence-electron chi connectivity index (χ2n) is 3.85. The minimum absolute atomic E-state index is 0.0702. The Hall–Kier alpha value is -1.40. The fourth-order valence-corrected chi connectivity index (χ4v) is 1.74. The molecule has 1 unspecified atom stereocenters. The number of likely N-dealkylation sites (N-methyl/N-ethyl adjacent to an activating group) is 1. The number of nitrogens with one attached hydrogen (secondary N) is 1. The summed E-state index contributed by atoms with van der Waals surface area (Å²) in [5.74, 6) is -0.429. The molecule has 1 fully saturated rings. The van der Waals surface area contributed by atoms with Gasteiger partial charge < -0.3 is 14.8 Å². The van der Waals surface area contributed by atoms with Crippen LogP contribution in [0.15, 0.2) is 12.2 Å². The number of esters is 1. The normalized spacial score (nSPS) is 20.9. The molecule has 6 heteroatoms. The molecule has 0 radical (unpaired) electrons. The summed E-state index contributed by atoms with van der Waals surface area (Å²) in [6.07, 6.45) is 3.10. The third kappa shape index (κ3) is 4.46. The summed E-state index contributed by atoms with van der Waals surface area (Å²) < 4.78 is 10.1. The Labute approximate surface area is 107 Å². The van der Waals surface area contributed by atoms with Crippen molar-refractivity contribution in [3.05, 3.63) is 12.2 Å². The number of carbonyl (C=O) groups is 2. The summed E-state index contributed by atoms with van der Waals surface area (Å²) in [7, 11) is 1.60. The van der Waals surface area contributed by atoms with Gasteiger partial charge in [0, 0.05) is 26.2 Å². The van der Waals surface area contributed by atoms with Crippen LogP contribution >= 0.6 is 0 Å². The van der Waals surface area contributed by atoms with Crippen LogP contribution in [-0.2, 0) is 19.1 Å². The van der Waals surface area contributed by atoms with E-state index in [-0.39, 0.29) is 17.9 Å². The number of hydrogen-bond acceptors (Lipinski definition) is 5. The van der Waals surface area contributed by atoms with Crippen molar-refractivity contribution in [1.29, 1.82) is 0 Å². The maximum Gasteiger partial charge on any atom is 0.330 e. The third-order valence-electron chi connectivity index (χ3n) is 2.67. The smallest absolute Gasteiger partial charge is 0.330 e. The molecular formula is C12H20N2O4. The minimum Gasteiger partial charge on any atom is -0.463 e. The van der Waals surface area contributed by atoms with Gasteiger partial charge in [0.2, 0.25) is 5.91 Å². The Morgan fingerprint density at radius 2 is 2.33 bits per heavy atom. The molecule has 0 spiro atoms. The van der Waals surface area contributed by atoms with E-state index in [4.69, 9.17) is 9.47 Å². The number of nitrogens with zero attached hydrogens (tertiary/aromatic N) is 1. The highest BCUT2D eigenvalue weighted by Crippen LogP contribution is 2.06. The number of morpholine rings is 1. The highest BCUT2D eigenvalue weighted by atomic mass is 16.5. The van der Waals surface area contributed by atoms with E-state index in [0.29, 0.717) is 32.9 Å². The van der Waals surface area contributed by atoms with Crippen molar-refractivity contribution in [3.63, 3.8) is 0 Å². The van der Waals surface area contributed by atoms with Crippen LogP contribution in [-0.4, -0.2) is 62.8 Å². The van der Waals surface area contributed by atoms with Crippen molar-refractivity contribution in [2.24, 2.45) is 0 Å². The number of hydrogen-bond donors (Lipinski definition) is 1. The topological polar surface area (TPSA) is 67.9 Å². The van der Waals surface area contributed by atoms with Crippen LogP contribution in [0.5, 0.6) is 0 Å². The molecule has 0 aromatic carbocycles. The summed E-state index contributed by atoms with van der Waals surface area (Å²) in [6, 6.07) is -0.296. The third-order valence-corrected chi connectivity index (χ3v) is 2.67. The zero-order valence-electron chi connectivity index (χ0n) is 10.8. The first-order valence-electron chi connectivity index (χ1n) is 6.05. The first-order chi connectivity index (χ1) is 8.69. The lowest BCUT2D eigenvalue weighted by Crippen LogP contribution is -2.53. The molecular weight excluding hydrogens is 236 g/mol. The van der Waals surface area contributed by atoms with Crippen LogP contribution in [0.25, 0.3) is 0 Å². The Morgan fingerprint density at radius 1 is 1.56 bits per heavy atom. The van der Waals surface area contributed by atoms with Gasteiger partial charge in [-0.15, -0.1) is 0 Å². The van der Waals surface area contributed by atoms with Crippen molar-refractivity contribution in [3.8, 4) is 0 Å². The Morgan fingerprint density at radius 3 is 3.00 bits per heavy atom. The Kier molecular flexibility index (Phi) is 6.38. The molecule has 0 aromatic rings. The second kappa shape index (κ2) is 7.84. The monoisotopic (exact) mass is 256 g/mol. The van der Waals surface area contributed by atoms with Crippen LogP contribution in [0.1, 0.15) is 6.92 Å². The molecule has 1 aliphatic rings. The van der Waals surface area contributed by atoms with Gasteiger partial charge in [0.05, 0.1) is 19.8 Å². The molecule has 102 valence electrons. The van der Waals surface area contributed by atoms with E-state index in [9.17, 15) is 9.59 Å². The van der Waals surface area contributed by atoms with E-state index in [1.54, 1.807) is 20.0 Å². The summed E-state index contributed by atoms with van der Waals surface area (Å²) in [4.78, 5) is 24.7. The van der Waals surface area contributed by atoms with E-state index in [1.165, 1.54) is 6.08 Å². The van der Waals surface area contributed by atoms with Crippen LogP contribution in [0.3, 0.4) is 0 Å². The van der Waals surface area contributed by atoms with Gasteiger partial charge in [-0.2, -0.15) is 0 Å². The number of rotatable bonds is 5. The zero-order valence-corrected chi connectivity index (χ0v) is 10.8. The molecule has 0 saturated carbocycles. The van der Waals surface area contributed by atoms with Gasteiger partial charge in [-0.1, -0.05) is 6.08 Å². The highest BCUT2D eigenvalue weighted by Gasteiger charge is 2.27. The lowest BCUT2D eigenvalue weighted by atomic mass is 10.2. The van der Waals surface area contributed by atoms with Gasteiger partial charge >= 0.3 is 5.97 Å². The average molecular weight is 256 g/mol. The molecule has 1 atom stereocenters. The standard InChI is InChI=1S/C12H20N2O4/c1-3-18-11(15)5-4-6-14-7-8-17-9-10(14)12(16)13-2/h4-5,10H,3,6-9H2,1-2H3,(H,13,16)/b5-4+. The van der Waals surface area contributed by atoms with Crippen LogP contribution in [0.4, 0.5) is 0 Å². The SMILES string of the molecule is CCOC(=O)/C=C/CN1CCOCC1C(=O)NC. The van der Waals surface area contributed by atoms with Crippen LogP contribution < -0.4 is 5.32 Å². The first-order valence-corrected chi connectivity index (χ1v) is 6.05. The summed E-state index contributed by atoms with van der Waals surface area (Å²) in [5, 5.41) is 2.61. The summed E-state index contributed by atoms with van der Waals surface area (Å²) in [6.45, 7) is 4.30. The lowest BCUT2D eigenvalue weighted by molar-refractivity contribution is -0.137. The van der Waals surface area contributed by atoms with E-state index in [2.05, 4.69) is 5.32 Å². The first kappa shape index (κ1) is 14.7. The molecule has 1 aliphatic heterocycles. The number of carbonyl (C=O) groups excluding carboxylic acids is 2. The van der Waals surface area contributed by atoms with E-state index in [0.717, 1.165) is 0 Å². The van der Waals surface area contributed by atoms with Crippen molar-refractivity contribution in [2.75, 3.05) is 40.0 Å². The maximum absolute atomic E-state index is 11.6. The van der Waals surface area contributed by atoms with Crippen molar-refractivity contribution in [2.45, 2.75) is 13.0 Å². The van der Waals surface area contributed by atoms with Crippen molar-refractivity contribution >= 4 is 11.9 Å². The average Bonchev–Trinajstić information content (AvgIpc) is 2.39. The molecule has 1 N–H and O–H groups in total. The van der Waals surface area contributed by atoms with Crippen molar-refractivity contribution < 1.29 is 19.1 Å². The van der Waals surface area contributed by atoms with E-state index in [1.807, 2.05) is 4.90 Å². The van der Waals surface area contributed by atoms with Gasteiger partial charge in [0.1, 0.15) is 6.04 Å². The minimum atomic E-state index is -0.359. The predicted octanol–water partition coefficient (Wildman–Crippen LogP) is -0.447. The van der Waals surface area contributed by atoms with Crippen LogP contribution in [0, 0.1) is 0 Å². The quantitative estimate of drug-likeness (QED) is 0.533. The molecule has 0 bridgehead atoms. The summed E-state index contributed by atoms with van der Waals surface area (Å²) in [5.41, 5.74) is 0. The van der Waals surface area contributed by atoms with Gasteiger partial charge in [0.25, 0.3) is 0 Å². The number of ether oxygens (including phenoxy) is 2. The van der Waals surface area contributed by atoms with Crippen LogP contribution in [0.2, 0.25) is 0 Å². The zero-order chi connectivity index (χ0) is 13.4. The molecule has 1 amide bonds. The van der Waals surface area contributed by atoms with Gasteiger partial charge in [-0.3, -0.25) is 9.69 Å². The van der Waals surface area contributed by atoms with Gasteiger partial charge in [-0.05, 0) is 6.92 Å². The number of amides is 1. The molecule has 6 nitrogen and oxygen atoms in total. The molecule has 0 aliphatic carbocycles. The van der Waals surface area contributed by atoms with Crippen molar-refractivity contribution in [1.82, 2.24) is 10.2 Å². The highest BCUT2D eigenvalue weighted by molar-refractivity contribution is 5.82. The molecule has 1 heterocycles. The largest absolute Gasteiger partial charge is 0.463 e. The Bertz CT molecular complexity index is 317. The van der Waals surface area contributed by atoms with E-state index < -0.39 is 0 Å². The molecule has 0 aromatic heterocycles. The predicted molar refractivity (Wildman–Crippen MR) is 66.0 cm³/mol.